The van der Waals surface area contributed by atoms with Crippen LogP contribution in [0.3, 0.4) is 0 Å². The molecule has 408 valence electrons. The van der Waals surface area contributed by atoms with Crippen molar-refractivity contribution in [3.05, 3.63) is 130 Å². The number of ketones is 2. The summed E-state index contributed by atoms with van der Waals surface area (Å²) in [4.78, 5) is 103. The third kappa shape index (κ3) is 16.9. The monoisotopic (exact) mass is 1070 g/mol. The van der Waals surface area contributed by atoms with Crippen molar-refractivity contribution in [3.63, 3.8) is 0 Å². The van der Waals surface area contributed by atoms with E-state index in [0.29, 0.717) is 35.3 Å². The number of benzene rings is 2. The van der Waals surface area contributed by atoms with Gasteiger partial charge in [-0.2, -0.15) is 0 Å². The van der Waals surface area contributed by atoms with Gasteiger partial charge in [-0.1, -0.05) is 66.2 Å². The van der Waals surface area contributed by atoms with Gasteiger partial charge in [-0.15, -0.1) is 0 Å². The Balaban J connectivity index is 0.000000262. The molecule has 2 N–H and O–H groups in total. The average molecular weight is 1070 g/mol. The number of hydrogen-bond donors (Lipinski definition) is 2. The molecule has 15 nitrogen and oxygen atoms in total. The van der Waals surface area contributed by atoms with Crippen LogP contribution in [0.15, 0.2) is 85.5 Å². The Morgan fingerprint density at radius 1 is 0.584 bits per heavy atom. The quantitative estimate of drug-likeness (QED) is 0.0419. The van der Waals surface area contributed by atoms with Crippen LogP contribution in [0.1, 0.15) is 185 Å². The van der Waals surface area contributed by atoms with E-state index < -0.39 is 23.7 Å². The minimum atomic E-state index is -0.524. The zero-order valence-electron chi connectivity index (χ0n) is 45.2. The first-order valence-corrected chi connectivity index (χ1v) is 27.1. The Morgan fingerprint density at radius 2 is 0.935 bits per heavy atom. The van der Waals surface area contributed by atoms with Gasteiger partial charge in [0.25, 0.3) is 6.47 Å². The molecule has 4 heterocycles. The van der Waals surface area contributed by atoms with Crippen molar-refractivity contribution in [3.8, 4) is 0 Å². The van der Waals surface area contributed by atoms with Crippen molar-refractivity contribution in [2.75, 3.05) is 13.1 Å². The summed E-state index contributed by atoms with van der Waals surface area (Å²) in [6, 6.07) is 13.1. The second kappa shape index (κ2) is 31.0. The summed E-state index contributed by atoms with van der Waals surface area (Å²) in [5, 5.41) is 14.7. The molecule has 0 spiro atoms. The minimum Gasteiger partial charge on any atom is -0.662 e. The molecule has 0 unspecified atom stereocenters. The fourth-order valence-electron chi connectivity index (χ4n) is 10.8. The second-order valence-corrected chi connectivity index (χ2v) is 20.6. The average Bonchev–Trinajstić information content (AvgIpc) is 4.18. The molecule has 2 aliphatic carbocycles. The zero-order valence-corrected chi connectivity index (χ0v) is 47.2. The molecule has 2 saturated carbocycles. The number of halogens is 2. The van der Waals surface area contributed by atoms with Crippen molar-refractivity contribution in [2.45, 2.75) is 155 Å². The maximum Gasteiger partial charge on any atom is 1.00 e. The van der Waals surface area contributed by atoms with Gasteiger partial charge in [0.15, 0.2) is 11.6 Å². The van der Waals surface area contributed by atoms with E-state index in [1.54, 1.807) is 24.5 Å². The molecule has 2 aliphatic heterocycles. The van der Waals surface area contributed by atoms with E-state index in [1.165, 1.54) is 73.8 Å². The first kappa shape index (κ1) is 62.1. The Morgan fingerprint density at radius 3 is 1.26 bits per heavy atom. The van der Waals surface area contributed by atoms with Crippen molar-refractivity contribution in [1.82, 2.24) is 30.4 Å². The molecule has 4 amide bonds. The second-order valence-electron chi connectivity index (χ2n) is 20.6. The Labute approximate surface area is 473 Å². The summed E-state index contributed by atoms with van der Waals surface area (Å²) in [6.45, 7) is 8.79. The molecule has 2 aromatic carbocycles. The van der Waals surface area contributed by atoms with E-state index in [-0.39, 0.29) is 107 Å². The summed E-state index contributed by atoms with van der Waals surface area (Å²) in [5.74, 6) is -1.45. The number of rotatable bonds is 17. The van der Waals surface area contributed by atoms with Gasteiger partial charge in [-0.25, -0.2) is 8.78 Å². The fourth-order valence-corrected chi connectivity index (χ4v) is 10.8. The Bertz CT molecular complexity index is 2420. The van der Waals surface area contributed by atoms with Crippen molar-refractivity contribution < 1.29 is 82.0 Å². The topological polar surface area (TPSA) is 208 Å². The van der Waals surface area contributed by atoms with Gasteiger partial charge in [-0.3, -0.25) is 43.5 Å². The van der Waals surface area contributed by atoms with E-state index >= 15 is 0 Å². The van der Waals surface area contributed by atoms with E-state index in [9.17, 15) is 37.5 Å². The van der Waals surface area contributed by atoms with Gasteiger partial charge < -0.3 is 30.6 Å². The number of likely N-dealkylation sites (tertiary alicyclic amines) is 2. The van der Waals surface area contributed by atoms with Crippen LogP contribution >= 0.6 is 0 Å². The van der Waals surface area contributed by atoms with Crippen LogP contribution in [0.25, 0.3) is 0 Å². The Kier molecular flexibility index (Phi) is 25.0. The van der Waals surface area contributed by atoms with Gasteiger partial charge >= 0.3 is 29.6 Å². The molecule has 4 aliphatic rings. The van der Waals surface area contributed by atoms with E-state index in [4.69, 9.17) is 10.1 Å². The normalized spacial score (nSPS) is 19.1. The molecule has 18 heteroatoms. The van der Waals surface area contributed by atoms with Crippen LogP contribution in [0.2, 0.25) is 0 Å². The number of pyridine rings is 2. The SMILES string of the molecule is CC[C@@H](C)C(=O)N[C@H](C(=O)N1CCC[C@H]1c1cncc(C(=O)c2ccc(F)cc2)c1)C1CCCCC1.CC[C@@H](C)C(=O)N[C@H](C(=O)N1CCC[C@H]1c1cncc(C(=O)c2ccc(F)cc2)c1)C1CCCCC1.O=CO[O-].[Na+]. The summed E-state index contributed by atoms with van der Waals surface area (Å²) in [7, 11) is 0. The smallest absolute Gasteiger partial charge is 0.662 e. The molecule has 4 fully saturated rings. The van der Waals surface area contributed by atoms with Gasteiger partial charge in [-0.05, 0) is 148 Å². The summed E-state index contributed by atoms with van der Waals surface area (Å²) >= 11 is 0. The largest absolute Gasteiger partial charge is 1.00 e. The molecule has 77 heavy (non-hydrogen) atoms. The van der Waals surface area contributed by atoms with Gasteiger partial charge in [0.05, 0.1) is 12.1 Å². The van der Waals surface area contributed by atoms with Crippen LogP contribution in [-0.4, -0.2) is 86.6 Å². The summed E-state index contributed by atoms with van der Waals surface area (Å²) < 4.78 is 26.6. The van der Waals surface area contributed by atoms with Gasteiger partial charge in [0, 0.05) is 72.0 Å². The number of nitrogens with zero attached hydrogens (tertiary/aromatic N) is 4. The van der Waals surface area contributed by atoms with Crippen LogP contribution in [0, 0.1) is 35.3 Å². The van der Waals surface area contributed by atoms with Gasteiger partial charge in [0.1, 0.15) is 23.7 Å². The number of nitrogens with one attached hydrogen (secondary N) is 2. The Hall–Kier alpha value is -5.75. The molecule has 4 aromatic rings. The van der Waals surface area contributed by atoms with Crippen LogP contribution < -0.4 is 45.4 Å². The first-order valence-electron chi connectivity index (χ1n) is 27.1. The van der Waals surface area contributed by atoms with Crippen molar-refractivity contribution >= 4 is 41.7 Å². The predicted octanol–water partition coefficient (Wildman–Crippen LogP) is 5.89. The van der Waals surface area contributed by atoms with E-state index in [2.05, 4.69) is 25.5 Å². The molecular formula is C59H73F2N6NaO9. The molecule has 8 rings (SSSR count). The fraction of sp³-hybridized carbons (Fsp3) is 0.508. The third-order valence-electron chi connectivity index (χ3n) is 15.6. The molecule has 0 radical (unpaired) electrons. The van der Waals surface area contributed by atoms with Crippen LogP contribution in [-0.2, 0) is 28.9 Å². The van der Waals surface area contributed by atoms with E-state index in [1.807, 2.05) is 37.5 Å². The molecule has 2 aromatic heterocycles. The third-order valence-corrected chi connectivity index (χ3v) is 15.6. The number of carbonyl (C=O) groups excluding carboxylic acids is 7. The number of amides is 4. The standard InChI is InChI=1S/2C29H36FN3O3.CH2O3.Na/c2*1-3-19(2)28(35)32-26(20-8-5-4-6-9-20)29(36)33-15-7-10-25(33)22-16-23(18-31-17-22)27(34)21-11-13-24(30)14-12-21;2-1-4-3;/h2*11-14,16-20,25-26H,3-10,15H2,1-2H3,(H,32,35);1,3H;/q;;;+1/p-1/t2*19-,25+,26+;;/m11../s1. The van der Waals surface area contributed by atoms with Gasteiger partial charge in [0.2, 0.25) is 23.6 Å². The maximum absolute atomic E-state index is 13.9. The van der Waals surface area contributed by atoms with Crippen LogP contribution in [0.4, 0.5) is 8.78 Å². The number of aromatic nitrogens is 2. The van der Waals surface area contributed by atoms with Crippen molar-refractivity contribution in [2.24, 2.45) is 23.7 Å². The summed E-state index contributed by atoms with van der Waals surface area (Å²) in [6.07, 6.45) is 21.6. The molecule has 6 atom stereocenters. The van der Waals surface area contributed by atoms with Crippen LogP contribution in [0.5, 0.6) is 0 Å². The number of carbonyl (C=O) groups is 7. The summed E-state index contributed by atoms with van der Waals surface area (Å²) in [5.41, 5.74) is 3.22. The predicted molar refractivity (Wildman–Crippen MR) is 279 cm³/mol. The maximum atomic E-state index is 13.9. The zero-order chi connectivity index (χ0) is 54.7. The molecular weight excluding hydrogens is 998 g/mol. The minimum absolute atomic E-state index is 0. The number of hydrogen-bond acceptors (Lipinski definition) is 11. The van der Waals surface area contributed by atoms with E-state index in [0.717, 1.165) is 101 Å². The first-order chi connectivity index (χ1) is 36.7. The van der Waals surface area contributed by atoms with Crippen molar-refractivity contribution in [1.29, 1.82) is 0 Å². The molecule has 2 saturated heterocycles. The molecule has 0 bridgehead atoms.